The quantitative estimate of drug-likeness (QED) is 0.657. The molecule has 0 spiro atoms. The van der Waals surface area contributed by atoms with Crippen LogP contribution in [0.5, 0.6) is 0 Å². The van der Waals surface area contributed by atoms with Crippen LogP contribution < -0.4 is 10.6 Å². The lowest BCUT2D eigenvalue weighted by Gasteiger charge is -2.25. The van der Waals surface area contributed by atoms with Crippen LogP contribution in [0.2, 0.25) is 0 Å². The van der Waals surface area contributed by atoms with Crippen molar-refractivity contribution in [3.05, 3.63) is 69.3 Å². The first kappa shape index (κ1) is 15.5. The third-order valence-corrected chi connectivity index (χ3v) is 4.47. The molecule has 0 heterocycles. The summed E-state index contributed by atoms with van der Waals surface area (Å²) in [6, 6.07) is 14.3. The van der Waals surface area contributed by atoms with E-state index < -0.39 is 0 Å². The second kappa shape index (κ2) is 6.79. The van der Waals surface area contributed by atoms with Crippen molar-refractivity contribution in [1.82, 2.24) is 5.32 Å². The molecule has 2 N–H and O–H groups in total. The molecule has 0 aromatic heterocycles. The van der Waals surface area contributed by atoms with Gasteiger partial charge in [0.05, 0.1) is 4.92 Å². The first-order chi connectivity index (χ1) is 11.2. The lowest BCUT2D eigenvalue weighted by molar-refractivity contribution is -0.384. The van der Waals surface area contributed by atoms with Gasteiger partial charge in [-0.15, -0.1) is 0 Å². The predicted octanol–water partition coefficient (Wildman–Crippen LogP) is 3.28. The average Bonchev–Trinajstić information content (AvgIpc) is 2.59. The van der Waals surface area contributed by atoms with Crippen LogP contribution >= 0.6 is 0 Å². The van der Waals surface area contributed by atoms with Gasteiger partial charge in [-0.05, 0) is 42.0 Å². The van der Waals surface area contributed by atoms with Crippen molar-refractivity contribution in [2.24, 2.45) is 0 Å². The maximum Gasteiger partial charge on any atom is 0.292 e. The summed E-state index contributed by atoms with van der Waals surface area (Å²) in [6.07, 6.45) is 3.22. The van der Waals surface area contributed by atoms with Gasteiger partial charge >= 0.3 is 0 Å². The number of hydrogen-bond donors (Lipinski definition) is 2. The van der Waals surface area contributed by atoms with Crippen molar-refractivity contribution in [1.29, 1.82) is 0 Å². The highest BCUT2D eigenvalue weighted by Crippen LogP contribution is 2.25. The Morgan fingerprint density at radius 2 is 2.00 bits per heavy atom. The van der Waals surface area contributed by atoms with E-state index in [-0.39, 0.29) is 10.6 Å². The molecule has 2 aromatic rings. The summed E-state index contributed by atoms with van der Waals surface area (Å²) in [7, 11) is 1.69. The van der Waals surface area contributed by atoms with Crippen LogP contribution in [0.1, 0.15) is 23.1 Å². The Morgan fingerprint density at radius 1 is 1.22 bits per heavy atom. The van der Waals surface area contributed by atoms with Gasteiger partial charge in [-0.2, -0.15) is 0 Å². The van der Waals surface area contributed by atoms with E-state index in [0.29, 0.717) is 18.3 Å². The summed E-state index contributed by atoms with van der Waals surface area (Å²) in [5, 5.41) is 17.5. The van der Waals surface area contributed by atoms with Crippen molar-refractivity contribution in [3.8, 4) is 0 Å². The van der Waals surface area contributed by atoms with Gasteiger partial charge < -0.3 is 10.6 Å². The molecular weight excluding hydrogens is 290 g/mol. The van der Waals surface area contributed by atoms with Crippen LogP contribution in [0.4, 0.5) is 11.4 Å². The van der Waals surface area contributed by atoms with Gasteiger partial charge in [-0.3, -0.25) is 10.1 Å². The van der Waals surface area contributed by atoms with Crippen LogP contribution in [0.25, 0.3) is 0 Å². The van der Waals surface area contributed by atoms with E-state index in [9.17, 15) is 10.1 Å². The predicted molar refractivity (Wildman–Crippen MR) is 91.7 cm³/mol. The van der Waals surface area contributed by atoms with Crippen molar-refractivity contribution >= 4 is 11.4 Å². The smallest absolute Gasteiger partial charge is 0.292 e. The number of rotatable bonds is 5. The number of anilines is 1. The normalized spacial score (nSPS) is 16.7. The zero-order chi connectivity index (χ0) is 16.2. The van der Waals surface area contributed by atoms with Gasteiger partial charge in [0.2, 0.25) is 0 Å². The molecule has 0 bridgehead atoms. The van der Waals surface area contributed by atoms with E-state index in [1.54, 1.807) is 19.2 Å². The Kier molecular flexibility index (Phi) is 4.57. The summed E-state index contributed by atoms with van der Waals surface area (Å²) < 4.78 is 0. The zero-order valence-corrected chi connectivity index (χ0v) is 13.2. The fraction of sp³-hybridized carbons (Fsp3) is 0.333. The fourth-order valence-electron chi connectivity index (χ4n) is 3.18. The molecule has 1 atom stereocenters. The highest BCUT2D eigenvalue weighted by molar-refractivity contribution is 5.62. The number of nitro benzene ring substituents is 1. The van der Waals surface area contributed by atoms with Crippen molar-refractivity contribution in [2.75, 3.05) is 12.4 Å². The SMILES string of the molecule is CNc1ccc(CNC2CCc3ccccc3C2)cc1[N+](=O)[O-]. The van der Waals surface area contributed by atoms with Gasteiger partial charge in [0, 0.05) is 25.7 Å². The molecule has 0 fully saturated rings. The second-order valence-corrected chi connectivity index (χ2v) is 5.95. The van der Waals surface area contributed by atoms with Crippen molar-refractivity contribution in [2.45, 2.75) is 31.8 Å². The second-order valence-electron chi connectivity index (χ2n) is 5.95. The van der Waals surface area contributed by atoms with Crippen LogP contribution in [-0.4, -0.2) is 18.0 Å². The Hall–Kier alpha value is -2.40. The number of hydrogen-bond acceptors (Lipinski definition) is 4. The molecule has 5 nitrogen and oxygen atoms in total. The fourth-order valence-corrected chi connectivity index (χ4v) is 3.18. The van der Waals surface area contributed by atoms with Crippen LogP contribution in [-0.2, 0) is 19.4 Å². The van der Waals surface area contributed by atoms with Crippen LogP contribution in [0.3, 0.4) is 0 Å². The lowest BCUT2D eigenvalue weighted by atomic mass is 9.88. The Morgan fingerprint density at radius 3 is 2.74 bits per heavy atom. The number of nitrogens with one attached hydrogen (secondary N) is 2. The molecule has 0 saturated carbocycles. The lowest BCUT2D eigenvalue weighted by Crippen LogP contribution is -2.34. The van der Waals surface area contributed by atoms with E-state index in [1.807, 2.05) is 6.07 Å². The van der Waals surface area contributed by atoms with E-state index in [4.69, 9.17) is 0 Å². The number of nitrogens with zero attached hydrogens (tertiary/aromatic N) is 1. The molecule has 5 heteroatoms. The molecule has 3 rings (SSSR count). The molecule has 23 heavy (non-hydrogen) atoms. The van der Waals surface area contributed by atoms with E-state index >= 15 is 0 Å². The standard InChI is InChI=1S/C18H21N3O2/c1-19-17-9-6-13(10-18(17)21(22)23)12-20-16-8-7-14-4-2-3-5-15(14)11-16/h2-6,9-10,16,19-20H,7-8,11-12H2,1H3. The molecule has 0 aliphatic heterocycles. The van der Waals surface area contributed by atoms with E-state index in [1.165, 1.54) is 11.1 Å². The minimum absolute atomic E-state index is 0.126. The molecule has 1 aliphatic carbocycles. The van der Waals surface area contributed by atoms with Crippen molar-refractivity contribution in [3.63, 3.8) is 0 Å². The number of fused-ring (bicyclic) bond motifs is 1. The van der Waals surface area contributed by atoms with E-state index in [0.717, 1.165) is 24.8 Å². The molecule has 0 amide bonds. The highest BCUT2D eigenvalue weighted by atomic mass is 16.6. The first-order valence-electron chi connectivity index (χ1n) is 7.92. The maximum absolute atomic E-state index is 11.1. The minimum atomic E-state index is -0.341. The Labute approximate surface area is 135 Å². The topological polar surface area (TPSA) is 67.2 Å². The molecule has 1 aliphatic rings. The maximum atomic E-state index is 11.1. The van der Waals surface area contributed by atoms with Gasteiger partial charge in [0.25, 0.3) is 5.69 Å². The average molecular weight is 311 g/mol. The van der Waals surface area contributed by atoms with Gasteiger partial charge in [0.1, 0.15) is 5.69 Å². The summed E-state index contributed by atoms with van der Waals surface area (Å²) in [6.45, 7) is 0.650. The third-order valence-electron chi connectivity index (χ3n) is 4.47. The Balaban J connectivity index is 1.65. The summed E-state index contributed by atoms with van der Waals surface area (Å²) in [5.74, 6) is 0. The molecular formula is C18H21N3O2. The number of aryl methyl sites for hydroxylation is 1. The molecule has 120 valence electrons. The summed E-state index contributed by atoms with van der Waals surface area (Å²) >= 11 is 0. The first-order valence-corrected chi connectivity index (χ1v) is 7.92. The molecule has 1 unspecified atom stereocenters. The third kappa shape index (κ3) is 3.51. The monoisotopic (exact) mass is 311 g/mol. The molecule has 0 radical (unpaired) electrons. The molecule has 2 aromatic carbocycles. The van der Waals surface area contributed by atoms with Gasteiger partial charge in [-0.1, -0.05) is 30.3 Å². The molecule has 0 saturated heterocycles. The van der Waals surface area contributed by atoms with Crippen LogP contribution in [0.15, 0.2) is 42.5 Å². The minimum Gasteiger partial charge on any atom is -0.383 e. The summed E-state index contributed by atoms with van der Waals surface area (Å²) in [4.78, 5) is 10.8. The summed E-state index contributed by atoms with van der Waals surface area (Å²) in [5.41, 5.74) is 4.47. The largest absolute Gasteiger partial charge is 0.383 e. The van der Waals surface area contributed by atoms with Crippen molar-refractivity contribution < 1.29 is 4.92 Å². The number of nitro groups is 1. The van der Waals surface area contributed by atoms with E-state index in [2.05, 4.69) is 34.9 Å². The van der Waals surface area contributed by atoms with Gasteiger partial charge in [-0.25, -0.2) is 0 Å². The Bertz CT molecular complexity index is 715. The van der Waals surface area contributed by atoms with Crippen LogP contribution in [0, 0.1) is 10.1 Å². The zero-order valence-electron chi connectivity index (χ0n) is 13.2. The van der Waals surface area contributed by atoms with Gasteiger partial charge in [0.15, 0.2) is 0 Å². The highest BCUT2D eigenvalue weighted by Gasteiger charge is 2.18. The number of benzene rings is 2.